The minimum absolute atomic E-state index is 0.0341. The predicted molar refractivity (Wildman–Crippen MR) is 69.2 cm³/mol. The summed E-state index contributed by atoms with van der Waals surface area (Å²) < 4.78 is 5.65. The van der Waals surface area contributed by atoms with E-state index < -0.39 is 0 Å². The summed E-state index contributed by atoms with van der Waals surface area (Å²) in [7, 11) is 0. The summed E-state index contributed by atoms with van der Waals surface area (Å²) in [6.45, 7) is 2.06. The maximum atomic E-state index is 11.4. The molecule has 1 aromatic carbocycles. The average molecular weight is 350 g/mol. The highest BCUT2D eigenvalue weighted by Crippen LogP contribution is 2.26. The lowest BCUT2D eigenvalue weighted by atomic mass is 10.1. The molecule has 0 unspecified atom stereocenters. The summed E-state index contributed by atoms with van der Waals surface area (Å²) >= 11 is 8.11. The molecule has 0 atom stereocenters. The Kier molecular flexibility index (Phi) is 5.03. The molecule has 0 radical (unpaired) electrons. The van der Waals surface area contributed by atoms with Crippen LogP contribution in [-0.4, -0.2) is 12.6 Å². The van der Waals surface area contributed by atoms with E-state index in [4.69, 9.17) is 21.6 Å². The summed E-state index contributed by atoms with van der Waals surface area (Å²) in [4.78, 5) is 11.4. The van der Waals surface area contributed by atoms with Gasteiger partial charge in [0.15, 0.2) is 0 Å². The number of carbonyl (C=O) groups is 1. The van der Waals surface area contributed by atoms with Crippen molar-refractivity contribution in [2.75, 3.05) is 6.61 Å². The minimum Gasteiger partial charge on any atom is -0.466 e. The second kappa shape index (κ2) is 6.06. The molecule has 0 fully saturated rings. The second-order valence-electron chi connectivity index (χ2n) is 2.98. The van der Waals surface area contributed by atoms with Crippen molar-refractivity contribution in [1.29, 1.82) is 5.26 Å². The van der Waals surface area contributed by atoms with Gasteiger partial charge in [-0.3, -0.25) is 4.79 Å². The van der Waals surface area contributed by atoms with E-state index in [1.807, 2.05) is 6.07 Å². The van der Waals surface area contributed by atoms with E-state index in [-0.39, 0.29) is 12.4 Å². The third kappa shape index (κ3) is 3.09. The fourth-order valence-corrected chi connectivity index (χ4v) is 1.96. The topological polar surface area (TPSA) is 50.1 Å². The van der Waals surface area contributed by atoms with Gasteiger partial charge in [0.1, 0.15) is 0 Å². The van der Waals surface area contributed by atoms with Crippen LogP contribution in [0.4, 0.5) is 0 Å². The average Bonchev–Trinajstić information content (AvgIpc) is 2.25. The van der Waals surface area contributed by atoms with Crippen LogP contribution in [0.2, 0.25) is 5.02 Å². The summed E-state index contributed by atoms with van der Waals surface area (Å²) in [5.41, 5.74) is 0.952. The molecule has 0 saturated carbocycles. The molecular weight excluding hydrogens is 340 g/mol. The molecule has 0 aromatic heterocycles. The van der Waals surface area contributed by atoms with Crippen LogP contribution in [0.5, 0.6) is 0 Å². The van der Waals surface area contributed by atoms with E-state index in [2.05, 4.69) is 22.6 Å². The Bertz CT molecular complexity index is 454. The van der Waals surface area contributed by atoms with Crippen LogP contribution in [0.1, 0.15) is 18.1 Å². The molecule has 0 spiro atoms. The zero-order valence-electron chi connectivity index (χ0n) is 8.59. The molecule has 84 valence electrons. The number of esters is 1. The van der Waals surface area contributed by atoms with E-state index in [0.717, 1.165) is 3.57 Å². The molecule has 0 heterocycles. The van der Waals surface area contributed by atoms with Crippen molar-refractivity contribution in [1.82, 2.24) is 0 Å². The van der Waals surface area contributed by atoms with Gasteiger partial charge in [0.05, 0.1) is 29.7 Å². The van der Waals surface area contributed by atoms with E-state index >= 15 is 0 Å². The Morgan fingerprint density at radius 1 is 1.62 bits per heavy atom. The first kappa shape index (κ1) is 13.3. The number of nitriles is 1. The largest absolute Gasteiger partial charge is 0.466 e. The first-order chi connectivity index (χ1) is 7.60. The van der Waals surface area contributed by atoms with Gasteiger partial charge in [0, 0.05) is 9.13 Å². The smallest absolute Gasteiger partial charge is 0.310 e. The first-order valence-corrected chi connectivity index (χ1v) is 6.08. The van der Waals surface area contributed by atoms with Crippen LogP contribution in [-0.2, 0) is 16.0 Å². The van der Waals surface area contributed by atoms with Crippen molar-refractivity contribution in [3.63, 3.8) is 0 Å². The van der Waals surface area contributed by atoms with Crippen LogP contribution in [0.3, 0.4) is 0 Å². The third-order valence-corrected chi connectivity index (χ3v) is 3.59. The molecule has 5 heteroatoms. The monoisotopic (exact) mass is 349 g/mol. The van der Waals surface area contributed by atoms with E-state index in [0.29, 0.717) is 22.8 Å². The number of nitrogens with zero attached hydrogens (tertiary/aromatic N) is 1. The summed E-state index contributed by atoms with van der Waals surface area (Å²) in [6, 6.07) is 5.42. The standard InChI is InChI=1S/C11H9ClINO2/c1-2-16-10(15)5-8-7(6-14)3-4-9(13)11(8)12/h3-4H,2,5H2,1H3. The van der Waals surface area contributed by atoms with Crippen LogP contribution in [0.15, 0.2) is 12.1 Å². The predicted octanol–water partition coefficient (Wildman–Crippen LogP) is 2.92. The van der Waals surface area contributed by atoms with E-state index in [1.165, 1.54) is 0 Å². The number of halogens is 2. The van der Waals surface area contributed by atoms with Crippen molar-refractivity contribution in [2.24, 2.45) is 0 Å². The molecule has 0 N–H and O–H groups in total. The molecule has 0 aliphatic carbocycles. The normalized spacial score (nSPS) is 9.62. The van der Waals surface area contributed by atoms with Crippen LogP contribution in [0.25, 0.3) is 0 Å². The summed E-state index contributed by atoms with van der Waals surface area (Å²) in [5.74, 6) is -0.372. The maximum absolute atomic E-state index is 11.4. The molecule has 0 saturated heterocycles. The summed E-state index contributed by atoms with van der Waals surface area (Å²) in [6.07, 6.45) is 0.0341. The van der Waals surface area contributed by atoms with Crippen molar-refractivity contribution in [3.05, 3.63) is 31.9 Å². The van der Waals surface area contributed by atoms with Gasteiger partial charge in [0.25, 0.3) is 0 Å². The Morgan fingerprint density at radius 2 is 2.31 bits per heavy atom. The van der Waals surface area contributed by atoms with Gasteiger partial charge < -0.3 is 4.74 Å². The molecule has 0 amide bonds. The number of hydrogen-bond donors (Lipinski definition) is 0. The first-order valence-electron chi connectivity index (χ1n) is 4.62. The molecule has 0 aliphatic heterocycles. The molecule has 3 nitrogen and oxygen atoms in total. The van der Waals surface area contributed by atoms with E-state index in [9.17, 15) is 4.79 Å². The number of carbonyl (C=O) groups excluding carboxylic acids is 1. The van der Waals surface area contributed by atoms with E-state index in [1.54, 1.807) is 19.1 Å². The van der Waals surface area contributed by atoms with Gasteiger partial charge in [-0.2, -0.15) is 5.26 Å². The quantitative estimate of drug-likeness (QED) is 0.623. The van der Waals surface area contributed by atoms with Gasteiger partial charge in [-0.15, -0.1) is 0 Å². The number of rotatable bonds is 3. The number of benzene rings is 1. The highest BCUT2D eigenvalue weighted by Gasteiger charge is 2.14. The Morgan fingerprint density at radius 3 is 2.88 bits per heavy atom. The van der Waals surface area contributed by atoms with Gasteiger partial charge in [0.2, 0.25) is 0 Å². The molecule has 0 aliphatic rings. The van der Waals surface area contributed by atoms with Gasteiger partial charge in [-0.05, 0) is 41.6 Å². The van der Waals surface area contributed by atoms with Crippen LogP contribution in [0, 0.1) is 14.9 Å². The van der Waals surface area contributed by atoms with Gasteiger partial charge >= 0.3 is 5.97 Å². The van der Waals surface area contributed by atoms with Gasteiger partial charge in [-0.1, -0.05) is 11.6 Å². The lowest BCUT2D eigenvalue weighted by Gasteiger charge is -2.07. The van der Waals surface area contributed by atoms with Crippen molar-refractivity contribution >= 4 is 40.2 Å². The maximum Gasteiger partial charge on any atom is 0.310 e. The van der Waals surface area contributed by atoms with Crippen molar-refractivity contribution < 1.29 is 9.53 Å². The van der Waals surface area contributed by atoms with Crippen LogP contribution < -0.4 is 0 Å². The van der Waals surface area contributed by atoms with Crippen molar-refractivity contribution in [3.8, 4) is 6.07 Å². The van der Waals surface area contributed by atoms with Crippen LogP contribution >= 0.6 is 34.2 Å². The van der Waals surface area contributed by atoms with Crippen molar-refractivity contribution in [2.45, 2.75) is 13.3 Å². The Balaban J connectivity index is 3.07. The Labute approximate surface area is 112 Å². The summed E-state index contributed by atoms with van der Waals surface area (Å²) in [5, 5.41) is 9.36. The fraction of sp³-hybridized carbons (Fsp3) is 0.273. The molecule has 0 bridgehead atoms. The fourth-order valence-electron chi connectivity index (χ4n) is 1.23. The molecule has 1 aromatic rings. The van der Waals surface area contributed by atoms with Gasteiger partial charge in [-0.25, -0.2) is 0 Å². The lowest BCUT2D eigenvalue weighted by molar-refractivity contribution is -0.142. The highest BCUT2D eigenvalue weighted by atomic mass is 127. The Hall–Kier alpha value is -0.800. The number of hydrogen-bond acceptors (Lipinski definition) is 3. The highest BCUT2D eigenvalue weighted by molar-refractivity contribution is 14.1. The number of ether oxygens (including phenoxy) is 1. The zero-order chi connectivity index (χ0) is 12.1. The molecular formula is C11H9ClINO2. The second-order valence-corrected chi connectivity index (χ2v) is 4.52. The minimum atomic E-state index is -0.372. The third-order valence-electron chi connectivity index (χ3n) is 1.94. The SMILES string of the molecule is CCOC(=O)Cc1c(C#N)ccc(I)c1Cl. The lowest BCUT2D eigenvalue weighted by Crippen LogP contribution is -2.09. The molecule has 1 rings (SSSR count). The zero-order valence-corrected chi connectivity index (χ0v) is 11.5. The molecule has 16 heavy (non-hydrogen) atoms.